The van der Waals surface area contributed by atoms with Gasteiger partial charge >= 0.3 is 5.63 Å². The molecular weight excluding hydrogens is 432 g/mol. The molecular formula is C23H29BrN2O3. The van der Waals surface area contributed by atoms with Crippen molar-refractivity contribution in [3.63, 3.8) is 0 Å². The Kier molecular flexibility index (Phi) is 6.70. The fraction of sp³-hybridized carbons (Fsp3) is 0.565. The molecule has 5 nitrogen and oxygen atoms in total. The summed E-state index contributed by atoms with van der Waals surface area (Å²) >= 11 is 3.42. The number of piperidine rings is 2. The summed E-state index contributed by atoms with van der Waals surface area (Å²) in [5, 5.41) is 4.19. The molecule has 1 amide bonds. The van der Waals surface area contributed by atoms with Crippen LogP contribution in [0.4, 0.5) is 0 Å². The summed E-state index contributed by atoms with van der Waals surface area (Å²) in [6.45, 7) is 3.80. The molecule has 0 bridgehead atoms. The molecule has 2 fully saturated rings. The molecule has 2 saturated heterocycles. The van der Waals surface area contributed by atoms with E-state index in [1.807, 2.05) is 17.0 Å². The van der Waals surface area contributed by atoms with Crippen LogP contribution in [-0.4, -0.2) is 37.0 Å². The molecule has 1 aromatic carbocycles. The highest BCUT2D eigenvalue weighted by Crippen LogP contribution is 2.27. The molecule has 1 aromatic heterocycles. The number of amides is 1. The quantitative estimate of drug-likeness (QED) is 0.663. The Morgan fingerprint density at radius 2 is 1.76 bits per heavy atom. The molecule has 3 heterocycles. The summed E-state index contributed by atoms with van der Waals surface area (Å²) in [6, 6.07) is 7.09. The van der Waals surface area contributed by atoms with Crippen molar-refractivity contribution in [2.75, 3.05) is 26.2 Å². The molecule has 0 saturated carbocycles. The topological polar surface area (TPSA) is 62.6 Å². The zero-order valence-electron chi connectivity index (χ0n) is 16.8. The van der Waals surface area contributed by atoms with E-state index in [0.717, 1.165) is 41.7 Å². The SMILES string of the molecule is O=C(c1cc2cc(Br)ccc2oc1=O)N1CCC(CCCC2CCNCC2)CC1. The number of fused-ring (bicyclic) bond motifs is 1. The first-order valence-electron chi connectivity index (χ1n) is 10.8. The van der Waals surface area contributed by atoms with Crippen molar-refractivity contribution < 1.29 is 9.21 Å². The van der Waals surface area contributed by atoms with Crippen molar-refractivity contribution in [3.05, 3.63) is 44.7 Å². The average molecular weight is 461 g/mol. The molecule has 2 aromatic rings. The summed E-state index contributed by atoms with van der Waals surface area (Å²) in [7, 11) is 0. The highest BCUT2D eigenvalue weighted by molar-refractivity contribution is 9.10. The fourth-order valence-corrected chi connectivity index (χ4v) is 5.08. The summed E-state index contributed by atoms with van der Waals surface area (Å²) in [6.07, 6.45) is 8.60. The first-order valence-corrected chi connectivity index (χ1v) is 11.6. The highest BCUT2D eigenvalue weighted by atomic mass is 79.9. The van der Waals surface area contributed by atoms with E-state index in [0.29, 0.717) is 11.5 Å². The van der Waals surface area contributed by atoms with E-state index >= 15 is 0 Å². The minimum absolute atomic E-state index is 0.139. The van der Waals surface area contributed by atoms with Crippen molar-refractivity contribution in [3.8, 4) is 0 Å². The number of nitrogens with zero attached hydrogens (tertiary/aromatic N) is 1. The van der Waals surface area contributed by atoms with E-state index in [1.54, 1.807) is 12.1 Å². The van der Waals surface area contributed by atoms with E-state index in [-0.39, 0.29) is 11.5 Å². The number of halogens is 1. The normalized spacial score (nSPS) is 19.0. The van der Waals surface area contributed by atoms with Gasteiger partial charge in [-0.25, -0.2) is 4.79 Å². The smallest absolute Gasteiger partial charge is 0.349 e. The number of hydrogen-bond donors (Lipinski definition) is 1. The predicted molar refractivity (Wildman–Crippen MR) is 118 cm³/mol. The van der Waals surface area contributed by atoms with Gasteiger partial charge in [-0.15, -0.1) is 0 Å². The Morgan fingerprint density at radius 1 is 1.07 bits per heavy atom. The third-order valence-electron chi connectivity index (χ3n) is 6.51. The molecule has 156 valence electrons. The number of likely N-dealkylation sites (tertiary alicyclic amines) is 1. The minimum Gasteiger partial charge on any atom is -0.422 e. The third-order valence-corrected chi connectivity index (χ3v) is 7.00. The highest BCUT2D eigenvalue weighted by Gasteiger charge is 2.26. The molecule has 0 aliphatic carbocycles. The number of carbonyl (C=O) groups excluding carboxylic acids is 1. The lowest BCUT2D eigenvalue weighted by atomic mass is 9.87. The number of rotatable bonds is 5. The Morgan fingerprint density at radius 3 is 2.48 bits per heavy atom. The van der Waals surface area contributed by atoms with Crippen molar-refractivity contribution in [1.29, 1.82) is 0 Å². The van der Waals surface area contributed by atoms with Crippen LogP contribution < -0.4 is 10.9 Å². The lowest BCUT2D eigenvalue weighted by Gasteiger charge is -2.32. The van der Waals surface area contributed by atoms with Crippen molar-refractivity contribution in [1.82, 2.24) is 10.2 Å². The van der Waals surface area contributed by atoms with E-state index in [9.17, 15) is 9.59 Å². The van der Waals surface area contributed by atoms with Gasteiger partial charge in [-0.3, -0.25) is 4.79 Å². The third kappa shape index (κ3) is 5.10. The molecule has 4 rings (SSSR count). The molecule has 1 N–H and O–H groups in total. The maximum absolute atomic E-state index is 12.9. The summed E-state index contributed by atoms with van der Waals surface area (Å²) < 4.78 is 6.25. The zero-order valence-corrected chi connectivity index (χ0v) is 18.4. The molecule has 2 aliphatic heterocycles. The molecule has 0 radical (unpaired) electrons. The van der Waals surface area contributed by atoms with Crippen LogP contribution in [0.1, 0.15) is 55.3 Å². The Bertz CT molecular complexity index is 912. The van der Waals surface area contributed by atoms with Gasteiger partial charge in [0.25, 0.3) is 5.91 Å². The standard InChI is InChI=1S/C23H29BrN2O3/c24-19-4-5-21-18(14-19)15-20(23(28)29-21)22(27)26-12-8-17(9-13-26)3-1-2-16-6-10-25-11-7-16/h4-5,14-17,25H,1-3,6-13H2. The van der Waals surface area contributed by atoms with Crippen LogP contribution in [0, 0.1) is 11.8 Å². The largest absolute Gasteiger partial charge is 0.422 e. The maximum Gasteiger partial charge on any atom is 0.349 e. The van der Waals surface area contributed by atoms with Crippen LogP contribution in [0.3, 0.4) is 0 Å². The van der Waals surface area contributed by atoms with Crippen LogP contribution >= 0.6 is 15.9 Å². The fourth-order valence-electron chi connectivity index (χ4n) is 4.70. The second kappa shape index (κ2) is 9.43. The summed E-state index contributed by atoms with van der Waals surface area (Å²) in [5.74, 6) is 1.39. The first-order chi connectivity index (χ1) is 14.1. The maximum atomic E-state index is 12.9. The van der Waals surface area contributed by atoms with Gasteiger partial charge in [0, 0.05) is 22.9 Å². The van der Waals surface area contributed by atoms with E-state index in [1.165, 1.54) is 45.2 Å². The molecule has 0 spiro atoms. The van der Waals surface area contributed by atoms with Crippen molar-refractivity contribution in [2.24, 2.45) is 11.8 Å². The van der Waals surface area contributed by atoms with Gasteiger partial charge in [0.1, 0.15) is 11.1 Å². The lowest BCUT2D eigenvalue weighted by molar-refractivity contribution is 0.0681. The Balaban J connectivity index is 1.31. The number of carbonyl (C=O) groups is 1. The molecule has 2 aliphatic rings. The molecule has 6 heteroatoms. The minimum atomic E-state index is -0.547. The van der Waals surface area contributed by atoms with Gasteiger partial charge < -0.3 is 14.6 Å². The summed E-state index contributed by atoms with van der Waals surface area (Å²) in [5.41, 5.74) is 0.0936. The van der Waals surface area contributed by atoms with Gasteiger partial charge in [0.15, 0.2) is 0 Å². The molecule has 0 atom stereocenters. The summed E-state index contributed by atoms with van der Waals surface area (Å²) in [4.78, 5) is 27.1. The van der Waals surface area contributed by atoms with Gasteiger partial charge in [-0.2, -0.15) is 0 Å². The van der Waals surface area contributed by atoms with Crippen LogP contribution in [-0.2, 0) is 0 Å². The van der Waals surface area contributed by atoms with Gasteiger partial charge in [0.05, 0.1) is 0 Å². The van der Waals surface area contributed by atoms with Crippen LogP contribution in [0.15, 0.2) is 37.9 Å². The number of hydrogen-bond acceptors (Lipinski definition) is 4. The van der Waals surface area contributed by atoms with Crippen molar-refractivity contribution >= 4 is 32.8 Å². The second-order valence-electron chi connectivity index (χ2n) is 8.49. The molecule has 29 heavy (non-hydrogen) atoms. The Hall–Kier alpha value is -1.66. The zero-order chi connectivity index (χ0) is 20.2. The van der Waals surface area contributed by atoms with E-state index < -0.39 is 5.63 Å². The number of nitrogens with one attached hydrogen (secondary N) is 1. The van der Waals surface area contributed by atoms with Gasteiger partial charge in [0.2, 0.25) is 0 Å². The average Bonchev–Trinajstić information content (AvgIpc) is 2.74. The predicted octanol–water partition coefficient (Wildman–Crippen LogP) is 4.58. The van der Waals surface area contributed by atoms with Crippen molar-refractivity contribution in [2.45, 2.75) is 44.9 Å². The van der Waals surface area contributed by atoms with Gasteiger partial charge in [-0.05, 0) is 74.9 Å². The molecule has 0 unspecified atom stereocenters. The monoisotopic (exact) mass is 460 g/mol. The van der Waals surface area contributed by atoms with Crippen LogP contribution in [0.5, 0.6) is 0 Å². The first kappa shape index (κ1) is 20.6. The number of benzene rings is 1. The Labute approximate surface area is 180 Å². The van der Waals surface area contributed by atoms with E-state index in [2.05, 4.69) is 21.2 Å². The lowest BCUT2D eigenvalue weighted by Crippen LogP contribution is -2.40. The van der Waals surface area contributed by atoms with Crippen LogP contribution in [0.2, 0.25) is 0 Å². The van der Waals surface area contributed by atoms with E-state index in [4.69, 9.17) is 4.42 Å². The second-order valence-corrected chi connectivity index (χ2v) is 9.41. The van der Waals surface area contributed by atoms with Crippen LogP contribution in [0.25, 0.3) is 11.0 Å². The van der Waals surface area contributed by atoms with Gasteiger partial charge in [-0.1, -0.05) is 35.2 Å².